The summed E-state index contributed by atoms with van der Waals surface area (Å²) in [6, 6.07) is 8.62. The molecule has 0 atom stereocenters. The predicted molar refractivity (Wildman–Crippen MR) is 110 cm³/mol. The summed E-state index contributed by atoms with van der Waals surface area (Å²) in [5.41, 5.74) is 2.41. The molecule has 3 rings (SSSR count). The molecule has 2 N–H and O–H groups in total. The maximum Gasteiger partial charge on any atom is 0.317 e. The van der Waals surface area contributed by atoms with E-state index in [1.54, 1.807) is 4.90 Å². The lowest BCUT2D eigenvalue weighted by atomic mass is 9.85. The molecule has 2 amide bonds. The molecule has 1 aliphatic heterocycles. The van der Waals surface area contributed by atoms with Crippen LogP contribution in [0.5, 0.6) is 0 Å². The van der Waals surface area contributed by atoms with Crippen molar-refractivity contribution in [1.29, 1.82) is 0 Å². The summed E-state index contributed by atoms with van der Waals surface area (Å²) >= 11 is 0. The summed E-state index contributed by atoms with van der Waals surface area (Å²) in [6.45, 7) is 5.50. The number of urea groups is 1. The molecule has 1 aliphatic carbocycles. The highest BCUT2D eigenvalue weighted by Crippen LogP contribution is 2.27. The van der Waals surface area contributed by atoms with Gasteiger partial charge in [-0.3, -0.25) is 9.69 Å². The normalized spacial score (nSPS) is 21.5. The number of carbonyl (C=O) groups is 2. The second-order valence-corrected chi connectivity index (χ2v) is 7.91. The molecule has 1 saturated heterocycles. The zero-order valence-electron chi connectivity index (χ0n) is 16.9. The zero-order chi connectivity index (χ0) is 20.1. The predicted octanol–water partition coefficient (Wildman–Crippen LogP) is 2.37. The number of anilines is 1. The molecule has 0 aromatic heterocycles. The summed E-state index contributed by atoms with van der Waals surface area (Å²) in [4.78, 5) is 29.6. The molecule has 1 aromatic carbocycles. The van der Waals surface area contributed by atoms with Crippen molar-refractivity contribution in [2.45, 2.75) is 51.2 Å². The number of nitrogens with one attached hydrogen (secondary N) is 1. The smallest absolute Gasteiger partial charge is 0.317 e. The van der Waals surface area contributed by atoms with Gasteiger partial charge in [-0.2, -0.15) is 0 Å². The molecule has 0 bridgehead atoms. The number of likely N-dealkylation sites (N-methyl/N-ethyl adjacent to an activating group) is 1. The second-order valence-electron chi connectivity index (χ2n) is 7.91. The third-order valence-corrected chi connectivity index (χ3v) is 5.89. The maximum absolute atomic E-state index is 12.6. The molecule has 1 heterocycles. The number of hydrogen-bond acceptors (Lipinski definition) is 4. The molecule has 0 unspecified atom stereocenters. The van der Waals surface area contributed by atoms with Gasteiger partial charge in [0.05, 0.1) is 6.54 Å². The van der Waals surface area contributed by atoms with E-state index >= 15 is 0 Å². The van der Waals surface area contributed by atoms with Crippen molar-refractivity contribution in [2.75, 3.05) is 38.1 Å². The molecule has 1 saturated carbocycles. The Labute approximate surface area is 167 Å². The molecule has 28 heavy (non-hydrogen) atoms. The Balaban J connectivity index is 1.49. The van der Waals surface area contributed by atoms with Gasteiger partial charge < -0.3 is 20.2 Å². The van der Waals surface area contributed by atoms with E-state index in [2.05, 4.69) is 28.4 Å². The highest BCUT2D eigenvalue weighted by atomic mass is 16.4. The van der Waals surface area contributed by atoms with E-state index in [0.29, 0.717) is 13.1 Å². The van der Waals surface area contributed by atoms with E-state index in [-0.39, 0.29) is 24.7 Å². The first-order chi connectivity index (χ1) is 13.5. The molecule has 7 nitrogen and oxygen atoms in total. The van der Waals surface area contributed by atoms with E-state index < -0.39 is 5.97 Å². The average Bonchev–Trinajstić information content (AvgIpc) is 3.17. The van der Waals surface area contributed by atoms with Gasteiger partial charge in [0, 0.05) is 44.5 Å². The van der Waals surface area contributed by atoms with E-state index in [1.807, 2.05) is 24.9 Å². The number of hydrogen-bond donors (Lipinski definition) is 2. The van der Waals surface area contributed by atoms with Gasteiger partial charge in [0.2, 0.25) is 0 Å². The van der Waals surface area contributed by atoms with Gasteiger partial charge in [0.15, 0.2) is 0 Å². The Morgan fingerprint density at radius 3 is 2.54 bits per heavy atom. The molecule has 0 radical (unpaired) electrons. The third kappa shape index (κ3) is 4.95. The summed E-state index contributed by atoms with van der Waals surface area (Å²) in [7, 11) is 1.83. The van der Waals surface area contributed by atoms with Crippen LogP contribution in [0.4, 0.5) is 10.5 Å². The first-order valence-electron chi connectivity index (χ1n) is 10.3. The molecular formula is C21H32N4O3. The molecule has 154 valence electrons. The fourth-order valence-electron chi connectivity index (χ4n) is 4.20. The van der Waals surface area contributed by atoms with Crippen LogP contribution in [0.3, 0.4) is 0 Å². The fourth-order valence-corrected chi connectivity index (χ4v) is 4.20. The van der Waals surface area contributed by atoms with Crippen molar-refractivity contribution in [2.24, 2.45) is 0 Å². The van der Waals surface area contributed by atoms with Gasteiger partial charge in [-0.25, -0.2) is 4.79 Å². The van der Waals surface area contributed by atoms with Crippen LogP contribution in [0.2, 0.25) is 0 Å². The van der Waals surface area contributed by atoms with Crippen LogP contribution in [-0.2, 0) is 11.3 Å². The number of carboxylic acid groups (broad SMARTS) is 1. The fraction of sp³-hybridized carbons (Fsp3) is 0.619. The van der Waals surface area contributed by atoms with Crippen LogP contribution in [0, 0.1) is 0 Å². The second kappa shape index (κ2) is 9.28. The number of carboxylic acids is 1. The van der Waals surface area contributed by atoms with Gasteiger partial charge in [0.25, 0.3) is 0 Å². The van der Waals surface area contributed by atoms with Crippen LogP contribution in [0.25, 0.3) is 0 Å². The summed E-state index contributed by atoms with van der Waals surface area (Å²) in [5.74, 6) is -0.800. The maximum atomic E-state index is 12.6. The number of amides is 2. The summed E-state index contributed by atoms with van der Waals surface area (Å²) in [6.07, 6.45) is 4.07. The quantitative estimate of drug-likeness (QED) is 0.715. The highest BCUT2D eigenvalue weighted by molar-refractivity contribution is 5.74. The Kier molecular flexibility index (Phi) is 6.78. The minimum atomic E-state index is -0.800. The van der Waals surface area contributed by atoms with Crippen molar-refractivity contribution >= 4 is 17.7 Å². The van der Waals surface area contributed by atoms with Crippen molar-refractivity contribution < 1.29 is 14.7 Å². The number of carbonyl (C=O) groups excluding carboxylic acids is 1. The molecule has 7 heteroatoms. The Morgan fingerprint density at radius 1 is 1.21 bits per heavy atom. The monoisotopic (exact) mass is 388 g/mol. The number of benzene rings is 1. The van der Waals surface area contributed by atoms with Crippen LogP contribution < -0.4 is 10.2 Å². The van der Waals surface area contributed by atoms with Gasteiger partial charge in [-0.15, -0.1) is 0 Å². The Hall–Kier alpha value is -2.28. The van der Waals surface area contributed by atoms with Crippen molar-refractivity contribution in [3.8, 4) is 0 Å². The van der Waals surface area contributed by atoms with Crippen LogP contribution >= 0.6 is 0 Å². The molecular weight excluding hydrogens is 356 g/mol. The van der Waals surface area contributed by atoms with Gasteiger partial charge in [0.1, 0.15) is 0 Å². The SMILES string of the molecule is CCN(CC(=O)O)C1CC(NC(=O)N(C)Cc2ccccc2N2CCCC2)C1. The summed E-state index contributed by atoms with van der Waals surface area (Å²) < 4.78 is 0. The minimum absolute atomic E-state index is 0.0645. The number of aliphatic carboxylic acids is 1. The standard InChI is InChI=1S/C21H32N4O3/c1-3-24(15-20(26)27)18-12-17(13-18)22-21(28)23(2)14-16-8-4-5-9-19(16)25-10-6-7-11-25/h4-5,8-9,17-18H,3,6-7,10-15H2,1-2H3,(H,22,28)(H,26,27). The number of rotatable bonds is 8. The lowest BCUT2D eigenvalue weighted by Crippen LogP contribution is -2.56. The van der Waals surface area contributed by atoms with Crippen molar-refractivity contribution in [3.63, 3.8) is 0 Å². The van der Waals surface area contributed by atoms with E-state index in [1.165, 1.54) is 24.1 Å². The molecule has 2 fully saturated rings. The van der Waals surface area contributed by atoms with Crippen molar-refractivity contribution in [1.82, 2.24) is 15.1 Å². The van der Waals surface area contributed by atoms with E-state index in [4.69, 9.17) is 5.11 Å². The highest BCUT2D eigenvalue weighted by Gasteiger charge is 2.35. The van der Waals surface area contributed by atoms with E-state index in [0.717, 1.165) is 25.9 Å². The van der Waals surface area contributed by atoms with Crippen molar-refractivity contribution in [3.05, 3.63) is 29.8 Å². The largest absolute Gasteiger partial charge is 0.480 e. The van der Waals surface area contributed by atoms with Crippen LogP contribution in [0.1, 0.15) is 38.2 Å². The average molecular weight is 389 g/mol. The van der Waals surface area contributed by atoms with Gasteiger partial charge >= 0.3 is 12.0 Å². The molecule has 1 aromatic rings. The Morgan fingerprint density at radius 2 is 1.89 bits per heavy atom. The van der Waals surface area contributed by atoms with Gasteiger partial charge in [-0.05, 0) is 43.9 Å². The zero-order valence-corrected chi connectivity index (χ0v) is 16.9. The van der Waals surface area contributed by atoms with Crippen LogP contribution in [-0.4, -0.2) is 72.2 Å². The third-order valence-electron chi connectivity index (χ3n) is 5.89. The number of para-hydroxylation sites is 1. The topological polar surface area (TPSA) is 76.1 Å². The minimum Gasteiger partial charge on any atom is -0.480 e. The lowest BCUT2D eigenvalue weighted by molar-refractivity contribution is -0.139. The Bertz CT molecular complexity index is 684. The molecule has 0 spiro atoms. The van der Waals surface area contributed by atoms with E-state index in [9.17, 15) is 9.59 Å². The number of nitrogens with zero attached hydrogens (tertiary/aromatic N) is 3. The van der Waals surface area contributed by atoms with Crippen LogP contribution in [0.15, 0.2) is 24.3 Å². The first kappa shape index (κ1) is 20.5. The molecule has 2 aliphatic rings. The van der Waals surface area contributed by atoms with Gasteiger partial charge in [-0.1, -0.05) is 25.1 Å². The first-order valence-corrected chi connectivity index (χ1v) is 10.3. The summed E-state index contributed by atoms with van der Waals surface area (Å²) in [5, 5.41) is 12.1. The lowest BCUT2D eigenvalue weighted by Gasteiger charge is -2.42.